The second-order valence-electron chi connectivity index (χ2n) is 3.68. The van der Waals surface area contributed by atoms with Crippen LogP contribution in [0.3, 0.4) is 0 Å². The zero-order valence-corrected chi connectivity index (χ0v) is 11.6. The topological polar surface area (TPSA) is 39.4 Å². The van der Waals surface area contributed by atoms with Crippen molar-refractivity contribution in [3.05, 3.63) is 40.1 Å². The fourth-order valence-electron chi connectivity index (χ4n) is 1.52. The number of fused-ring (bicyclic) bond motifs is 1. The van der Waals surface area contributed by atoms with E-state index in [-0.39, 0.29) is 0 Å². The van der Waals surface area contributed by atoms with Crippen LogP contribution in [0.1, 0.15) is 5.69 Å². The quantitative estimate of drug-likeness (QED) is 0.712. The molecule has 0 saturated heterocycles. The van der Waals surface area contributed by atoms with Gasteiger partial charge in [-0.1, -0.05) is 23.2 Å². The van der Waals surface area contributed by atoms with E-state index in [1.165, 1.54) is 11.3 Å². The lowest BCUT2D eigenvalue weighted by Crippen LogP contribution is -1.86. The number of nitrogens with zero attached hydrogens (tertiary/aromatic N) is 3. The zero-order valence-electron chi connectivity index (χ0n) is 9.22. The van der Waals surface area contributed by atoms with Crippen molar-refractivity contribution in [3.63, 3.8) is 0 Å². The Morgan fingerprint density at radius 1 is 1.22 bits per heavy atom. The molecule has 1 aromatic carbocycles. The van der Waals surface area contributed by atoms with Crippen molar-refractivity contribution in [1.29, 1.82) is 0 Å². The Kier molecular flexibility index (Phi) is 2.89. The predicted octanol–water partition coefficient (Wildman–Crippen LogP) is 4.20. The minimum absolute atomic E-state index is 0.496. The van der Waals surface area contributed by atoms with Gasteiger partial charge >= 0.3 is 0 Å². The summed E-state index contributed by atoms with van der Waals surface area (Å²) in [7, 11) is 0. The Balaban J connectivity index is 1.93. The molecule has 0 fully saturated rings. The lowest BCUT2D eigenvalue weighted by Gasteiger charge is -2.02. The van der Waals surface area contributed by atoms with Crippen LogP contribution in [0.2, 0.25) is 10.0 Å². The average Bonchev–Trinajstić information content (AvgIpc) is 2.72. The molecule has 3 rings (SSSR count). The predicted molar refractivity (Wildman–Crippen MR) is 72.1 cm³/mol. The van der Waals surface area contributed by atoms with E-state index in [0.29, 0.717) is 21.0 Å². The van der Waals surface area contributed by atoms with E-state index in [1.807, 2.05) is 13.1 Å². The summed E-state index contributed by atoms with van der Waals surface area (Å²) in [5.41, 5.74) is 0.922. The number of aromatic nitrogens is 3. The third-order valence-electron chi connectivity index (χ3n) is 2.19. The van der Waals surface area contributed by atoms with Gasteiger partial charge in [-0.05, 0) is 36.5 Å². The van der Waals surface area contributed by atoms with Crippen LogP contribution in [0.4, 0.5) is 0 Å². The first-order chi connectivity index (χ1) is 8.60. The van der Waals surface area contributed by atoms with Gasteiger partial charge in [-0.2, -0.15) is 0 Å². The molecule has 4 nitrogen and oxygen atoms in total. The molecular weight excluding hydrogens is 293 g/mol. The van der Waals surface area contributed by atoms with Crippen LogP contribution in [-0.2, 0) is 0 Å². The SMILES string of the molecule is Cc1cn2nc(Oc3cc(Cl)cc(Cl)c3)sc2n1. The van der Waals surface area contributed by atoms with E-state index >= 15 is 0 Å². The molecule has 0 unspecified atom stereocenters. The molecule has 92 valence electrons. The van der Waals surface area contributed by atoms with Gasteiger partial charge in [0, 0.05) is 10.0 Å². The molecule has 0 N–H and O–H groups in total. The standard InChI is InChI=1S/C11H7Cl2N3OS/c1-6-5-16-10(14-6)18-11(15-16)17-9-3-7(12)2-8(13)4-9/h2-5H,1H3. The molecule has 3 aromatic rings. The summed E-state index contributed by atoms with van der Waals surface area (Å²) in [6.45, 7) is 1.92. The summed E-state index contributed by atoms with van der Waals surface area (Å²) in [5, 5.41) is 5.79. The van der Waals surface area contributed by atoms with Crippen molar-refractivity contribution in [2.24, 2.45) is 0 Å². The lowest BCUT2D eigenvalue weighted by molar-refractivity contribution is 0.470. The Bertz CT molecular complexity index is 670. The number of ether oxygens (including phenoxy) is 1. The van der Waals surface area contributed by atoms with Crippen molar-refractivity contribution in [2.45, 2.75) is 6.92 Å². The molecule has 2 heterocycles. The Labute approximate surface area is 117 Å². The van der Waals surface area contributed by atoms with Crippen LogP contribution in [0.5, 0.6) is 10.9 Å². The minimum atomic E-state index is 0.496. The first-order valence-electron chi connectivity index (χ1n) is 5.07. The fraction of sp³-hybridized carbons (Fsp3) is 0.0909. The Morgan fingerprint density at radius 2 is 1.94 bits per heavy atom. The normalized spacial score (nSPS) is 11.1. The number of hydrogen-bond donors (Lipinski definition) is 0. The van der Waals surface area contributed by atoms with Gasteiger partial charge in [0.15, 0.2) is 0 Å². The van der Waals surface area contributed by atoms with Gasteiger partial charge in [0.2, 0.25) is 4.96 Å². The summed E-state index contributed by atoms with van der Waals surface area (Å²) in [6.07, 6.45) is 1.84. The summed E-state index contributed by atoms with van der Waals surface area (Å²) in [5.74, 6) is 0.557. The molecule has 18 heavy (non-hydrogen) atoms. The van der Waals surface area contributed by atoms with Crippen LogP contribution < -0.4 is 4.74 Å². The van der Waals surface area contributed by atoms with Crippen LogP contribution in [0.25, 0.3) is 4.96 Å². The molecule has 0 saturated carbocycles. The second-order valence-corrected chi connectivity index (χ2v) is 5.48. The molecule has 0 atom stereocenters. The maximum atomic E-state index is 5.90. The molecule has 0 aliphatic heterocycles. The minimum Gasteiger partial charge on any atom is -0.430 e. The first kappa shape index (κ1) is 11.8. The van der Waals surface area contributed by atoms with E-state index in [0.717, 1.165) is 10.7 Å². The molecule has 0 spiro atoms. The highest BCUT2D eigenvalue weighted by Gasteiger charge is 2.09. The van der Waals surface area contributed by atoms with Crippen LogP contribution in [0.15, 0.2) is 24.4 Å². The van der Waals surface area contributed by atoms with E-state index in [2.05, 4.69) is 10.1 Å². The van der Waals surface area contributed by atoms with Crippen molar-refractivity contribution in [3.8, 4) is 10.9 Å². The number of aryl methyl sites for hydroxylation is 1. The highest BCUT2D eigenvalue weighted by atomic mass is 35.5. The molecule has 0 radical (unpaired) electrons. The van der Waals surface area contributed by atoms with Crippen LogP contribution in [0, 0.1) is 6.92 Å². The first-order valence-corrected chi connectivity index (χ1v) is 6.64. The van der Waals surface area contributed by atoms with Crippen molar-refractivity contribution >= 4 is 39.5 Å². The molecule has 2 aromatic heterocycles. The van der Waals surface area contributed by atoms with Crippen LogP contribution >= 0.6 is 34.5 Å². The van der Waals surface area contributed by atoms with E-state index < -0.39 is 0 Å². The maximum Gasteiger partial charge on any atom is 0.299 e. The smallest absolute Gasteiger partial charge is 0.299 e. The van der Waals surface area contributed by atoms with Gasteiger partial charge < -0.3 is 4.74 Å². The third-order valence-corrected chi connectivity index (χ3v) is 3.42. The van der Waals surface area contributed by atoms with Gasteiger partial charge in [0.05, 0.1) is 11.9 Å². The molecule has 0 aliphatic carbocycles. The van der Waals surface area contributed by atoms with Crippen LogP contribution in [-0.4, -0.2) is 14.6 Å². The summed E-state index contributed by atoms with van der Waals surface area (Å²) in [4.78, 5) is 5.09. The molecule has 0 aliphatic rings. The van der Waals surface area contributed by atoms with Gasteiger partial charge in [0.1, 0.15) is 5.75 Å². The Hall–Kier alpha value is -1.30. The van der Waals surface area contributed by atoms with E-state index in [1.54, 1.807) is 22.7 Å². The second kappa shape index (κ2) is 4.42. The van der Waals surface area contributed by atoms with Crippen molar-refractivity contribution in [2.75, 3.05) is 0 Å². The van der Waals surface area contributed by atoms with Gasteiger partial charge in [-0.25, -0.2) is 9.50 Å². The summed E-state index contributed by atoms with van der Waals surface area (Å²) in [6, 6.07) is 5.01. The summed E-state index contributed by atoms with van der Waals surface area (Å²) >= 11 is 13.1. The number of rotatable bonds is 2. The van der Waals surface area contributed by atoms with E-state index in [9.17, 15) is 0 Å². The summed E-state index contributed by atoms with van der Waals surface area (Å²) < 4.78 is 7.28. The number of hydrogen-bond acceptors (Lipinski definition) is 4. The van der Waals surface area contributed by atoms with Crippen molar-refractivity contribution < 1.29 is 4.74 Å². The average molecular weight is 300 g/mol. The highest BCUT2D eigenvalue weighted by molar-refractivity contribution is 7.18. The third kappa shape index (κ3) is 2.29. The number of halogens is 2. The Morgan fingerprint density at radius 3 is 2.61 bits per heavy atom. The number of imidazole rings is 1. The monoisotopic (exact) mass is 299 g/mol. The van der Waals surface area contributed by atoms with E-state index in [4.69, 9.17) is 27.9 Å². The largest absolute Gasteiger partial charge is 0.430 e. The maximum absolute atomic E-state index is 5.90. The van der Waals surface area contributed by atoms with Crippen molar-refractivity contribution in [1.82, 2.24) is 14.6 Å². The molecule has 0 amide bonds. The van der Waals surface area contributed by atoms with Gasteiger partial charge in [-0.15, -0.1) is 5.10 Å². The zero-order chi connectivity index (χ0) is 12.7. The molecule has 7 heteroatoms. The van der Waals surface area contributed by atoms with Gasteiger partial charge in [-0.3, -0.25) is 0 Å². The van der Waals surface area contributed by atoms with Gasteiger partial charge in [0.25, 0.3) is 5.19 Å². The molecule has 0 bridgehead atoms. The lowest BCUT2D eigenvalue weighted by atomic mass is 10.3. The molecular formula is C11H7Cl2N3OS. The highest BCUT2D eigenvalue weighted by Crippen LogP contribution is 2.30. The number of benzene rings is 1. The fourth-order valence-corrected chi connectivity index (χ4v) is 2.83.